The van der Waals surface area contributed by atoms with Crippen molar-refractivity contribution in [2.24, 2.45) is 23.7 Å². The maximum absolute atomic E-state index is 14.1. The summed E-state index contributed by atoms with van der Waals surface area (Å²) < 4.78 is 0. The fourth-order valence-electron chi connectivity index (χ4n) is 7.32. The Morgan fingerprint density at radius 3 is 1.38 bits per heavy atom. The maximum Gasteiger partial charge on any atom is 0.245 e. The van der Waals surface area contributed by atoms with E-state index in [2.05, 4.69) is 26.6 Å². The average molecular weight is 732 g/mol. The van der Waals surface area contributed by atoms with Crippen LogP contribution in [0.5, 0.6) is 0 Å². The van der Waals surface area contributed by atoms with Crippen molar-refractivity contribution < 1.29 is 33.6 Å². The third-order valence-corrected chi connectivity index (χ3v) is 9.92. The van der Waals surface area contributed by atoms with E-state index in [0.717, 1.165) is 12.8 Å². The zero-order chi connectivity index (χ0) is 38.7. The average Bonchev–Trinajstić information content (AvgIpc) is 3.77. The molecule has 0 aromatic rings. The minimum absolute atomic E-state index is 0.00504. The molecule has 3 rings (SSSR count). The molecule has 3 fully saturated rings. The molecular weight excluding hydrogens is 666 g/mol. The number of nitrogens with zero attached hydrogens (tertiary/aromatic N) is 2. The lowest BCUT2D eigenvalue weighted by atomic mass is 9.98. The number of hydrogen-bond donors (Lipinski definition) is 5. The number of fused-ring (bicyclic) bond motifs is 1. The van der Waals surface area contributed by atoms with Crippen LogP contribution in [0.25, 0.3) is 0 Å². The van der Waals surface area contributed by atoms with Gasteiger partial charge in [-0.2, -0.15) is 0 Å². The van der Waals surface area contributed by atoms with Gasteiger partial charge in [-0.1, -0.05) is 55.4 Å². The molecule has 0 saturated carbocycles. The van der Waals surface area contributed by atoms with E-state index in [0.29, 0.717) is 45.3 Å². The van der Waals surface area contributed by atoms with E-state index < -0.39 is 65.8 Å². The third kappa shape index (κ3) is 12.8. The van der Waals surface area contributed by atoms with Gasteiger partial charge in [0.05, 0.1) is 0 Å². The first-order valence-electron chi connectivity index (χ1n) is 19.6. The van der Waals surface area contributed by atoms with Crippen molar-refractivity contribution in [2.45, 2.75) is 156 Å². The monoisotopic (exact) mass is 731 g/mol. The topological polar surface area (TPSA) is 186 Å². The standard InChI is InChI=1S/C38H65N7O7/c1-22(2)18-27-34(48)39-26(13-14-32(46)44-15-9-10-16-44)33(47)40-28(19-23(3)4)36(50)43-30(21-25(7)8)38(52)45-17-11-12-31(45)37(51)42-29(20-24(5)6)35(49)41-27/h22-31H,9-21H2,1-8H3,(H,39,48)(H,40,47)(H,41,49)(H,42,51)(H,43,50)/t26?,27-,28-,29?,30-,31+/m0/s1. The quantitative estimate of drug-likeness (QED) is 0.215. The summed E-state index contributed by atoms with van der Waals surface area (Å²) in [7, 11) is 0. The maximum atomic E-state index is 14.1. The summed E-state index contributed by atoms with van der Waals surface area (Å²) in [5.41, 5.74) is 0. The lowest BCUT2D eigenvalue weighted by molar-refractivity contribution is -0.143. The lowest BCUT2D eigenvalue weighted by Gasteiger charge is -2.32. The molecule has 0 bridgehead atoms. The van der Waals surface area contributed by atoms with Crippen molar-refractivity contribution in [1.82, 2.24) is 36.4 Å². The van der Waals surface area contributed by atoms with Crippen LogP contribution < -0.4 is 26.6 Å². The highest BCUT2D eigenvalue weighted by Crippen LogP contribution is 2.22. The first-order valence-corrected chi connectivity index (χ1v) is 19.6. The predicted octanol–water partition coefficient (Wildman–Crippen LogP) is 2.00. The summed E-state index contributed by atoms with van der Waals surface area (Å²) in [4.78, 5) is 100. The number of rotatable bonds is 11. The Bertz CT molecular complexity index is 1280. The molecule has 0 radical (unpaired) electrons. The number of amides is 7. The zero-order valence-electron chi connectivity index (χ0n) is 32.7. The Balaban J connectivity index is 2.06. The second-order valence-corrected chi connectivity index (χ2v) is 16.6. The van der Waals surface area contributed by atoms with E-state index in [-0.39, 0.29) is 61.2 Å². The van der Waals surface area contributed by atoms with Crippen LogP contribution in [0.4, 0.5) is 0 Å². The Labute approximate surface area is 310 Å². The van der Waals surface area contributed by atoms with Crippen LogP contribution in [0.3, 0.4) is 0 Å². The first-order chi connectivity index (χ1) is 24.5. The van der Waals surface area contributed by atoms with Gasteiger partial charge in [0.2, 0.25) is 41.4 Å². The SMILES string of the molecule is CC(C)CC1NC(=O)[C@H]2CCCN2C(=O)[C@H](CC(C)C)NC(=O)[C@H](CC(C)C)NC(=O)C(CCC(=O)N2CCCC2)NC(=O)[C@H](CC(C)C)NC1=O. The molecule has 294 valence electrons. The second kappa shape index (κ2) is 19.9. The number of carbonyl (C=O) groups excluding carboxylic acids is 7. The van der Waals surface area contributed by atoms with Crippen LogP contribution in [0.2, 0.25) is 0 Å². The molecule has 3 aliphatic rings. The molecule has 52 heavy (non-hydrogen) atoms. The molecule has 0 aliphatic carbocycles. The Hall–Kier alpha value is -3.71. The molecular formula is C38H65N7O7. The van der Waals surface area contributed by atoms with Gasteiger partial charge in [-0.3, -0.25) is 33.6 Å². The van der Waals surface area contributed by atoms with Crippen molar-refractivity contribution in [3.8, 4) is 0 Å². The molecule has 3 heterocycles. The molecule has 14 nitrogen and oxygen atoms in total. The van der Waals surface area contributed by atoms with Gasteiger partial charge in [-0.05, 0) is 81.5 Å². The highest BCUT2D eigenvalue weighted by molar-refractivity contribution is 5.98. The van der Waals surface area contributed by atoms with Crippen LogP contribution in [-0.4, -0.2) is 107 Å². The number of nitrogens with one attached hydrogen (secondary N) is 5. The summed E-state index contributed by atoms with van der Waals surface area (Å²) in [5, 5.41) is 14.3. The van der Waals surface area contributed by atoms with E-state index >= 15 is 0 Å². The molecule has 3 aliphatic heterocycles. The van der Waals surface area contributed by atoms with Crippen LogP contribution in [-0.2, 0) is 33.6 Å². The van der Waals surface area contributed by atoms with Crippen molar-refractivity contribution in [2.75, 3.05) is 19.6 Å². The molecule has 7 amide bonds. The highest BCUT2D eigenvalue weighted by Gasteiger charge is 2.41. The van der Waals surface area contributed by atoms with Gasteiger partial charge in [-0.25, -0.2) is 0 Å². The Morgan fingerprint density at radius 1 is 0.538 bits per heavy atom. The Morgan fingerprint density at radius 2 is 0.923 bits per heavy atom. The number of hydrogen-bond acceptors (Lipinski definition) is 7. The summed E-state index contributed by atoms with van der Waals surface area (Å²) in [6.07, 6.45) is 3.91. The minimum Gasteiger partial charge on any atom is -0.343 e. The second-order valence-electron chi connectivity index (χ2n) is 16.6. The zero-order valence-corrected chi connectivity index (χ0v) is 32.7. The molecule has 0 aromatic heterocycles. The van der Waals surface area contributed by atoms with Crippen molar-refractivity contribution in [1.29, 1.82) is 0 Å². The number of carbonyl (C=O) groups is 7. The van der Waals surface area contributed by atoms with Crippen molar-refractivity contribution >= 4 is 41.4 Å². The lowest BCUT2D eigenvalue weighted by Crippen LogP contribution is -2.61. The van der Waals surface area contributed by atoms with E-state index in [1.807, 2.05) is 55.4 Å². The molecule has 3 saturated heterocycles. The van der Waals surface area contributed by atoms with E-state index in [1.54, 1.807) is 4.90 Å². The van der Waals surface area contributed by atoms with Gasteiger partial charge >= 0.3 is 0 Å². The van der Waals surface area contributed by atoms with Crippen LogP contribution in [0.1, 0.15) is 120 Å². The van der Waals surface area contributed by atoms with Crippen LogP contribution in [0.15, 0.2) is 0 Å². The van der Waals surface area contributed by atoms with Crippen molar-refractivity contribution in [3.63, 3.8) is 0 Å². The molecule has 0 aromatic carbocycles. The van der Waals surface area contributed by atoms with Gasteiger partial charge < -0.3 is 36.4 Å². The summed E-state index contributed by atoms with van der Waals surface area (Å²) >= 11 is 0. The number of likely N-dealkylation sites (tertiary alicyclic amines) is 1. The van der Waals surface area contributed by atoms with E-state index in [4.69, 9.17) is 0 Å². The van der Waals surface area contributed by atoms with Gasteiger partial charge in [-0.15, -0.1) is 0 Å². The van der Waals surface area contributed by atoms with Crippen LogP contribution in [0, 0.1) is 23.7 Å². The van der Waals surface area contributed by atoms with Gasteiger partial charge in [0.15, 0.2) is 0 Å². The summed E-state index contributed by atoms with van der Waals surface area (Å²) in [5.74, 6) is -3.27. The van der Waals surface area contributed by atoms with Crippen molar-refractivity contribution in [3.05, 3.63) is 0 Å². The van der Waals surface area contributed by atoms with E-state index in [9.17, 15) is 33.6 Å². The molecule has 2 unspecified atom stereocenters. The molecule has 5 N–H and O–H groups in total. The van der Waals surface area contributed by atoms with Crippen LogP contribution >= 0.6 is 0 Å². The summed E-state index contributed by atoms with van der Waals surface area (Å²) in [6, 6.07) is -6.03. The van der Waals surface area contributed by atoms with E-state index in [1.165, 1.54) is 4.90 Å². The first kappa shape index (κ1) is 42.7. The van der Waals surface area contributed by atoms with Gasteiger partial charge in [0.25, 0.3) is 0 Å². The fourth-order valence-corrected chi connectivity index (χ4v) is 7.32. The normalized spacial score (nSPS) is 27.3. The molecule has 6 atom stereocenters. The fraction of sp³-hybridized carbons (Fsp3) is 0.816. The Kier molecular flexibility index (Phi) is 16.4. The smallest absolute Gasteiger partial charge is 0.245 e. The molecule has 14 heteroatoms. The minimum atomic E-state index is -1.18. The molecule has 0 spiro atoms. The van der Waals surface area contributed by atoms with Gasteiger partial charge in [0.1, 0.15) is 36.3 Å². The highest BCUT2D eigenvalue weighted by atomic mass is 16.2. The predicted molar refractivity (Wildman–Crippen MR) is 197 cm³/mol. The largest absolute Gasteiger partial charge is 0.343 e. The third-order valence-electron chi connectivity index (χ3n) is 9.92. The van der Waals surface area contributed by atoms with Gasteiger partial charge in [0, 0.05) is 26.1 Å². The summed E-state index contributed by atoms with van der Waals surface area (Å²) in [6.45, 7) is 17.0.